The highest BCUT2D eigenvalue weighted by atomic mass is 35.5. The number of halogens is 1. The Kier molecular flexibility index (Phi) is 4.03. The van der Waals surface area contributed by atoms with Crippen LogP contribution in [0, 0.1) is 0 Å². The molecule has 1 saturated heterocycles. The summed E-state index contributed by atoms with van der Waals surface area (Å²) in [7, 11) is 2.20. The van der Waals surface area contributed by atoms with Gasteiger partial charge in [0.2, 0.25) is 0 Å². The highest BCUT2D eigenvalue weighted by molar-refractivity contribution is 7.16. The van der Waals surface area contributed by atoms with Gasteiger partial charge in [-0.1, -0.05) is 11.6 Å². The molecule has 2 nitrogen and oxygen atoms in total. The van der Waals surface area contributed by atoms with Crippen LogP contribution >= 0.6 is 22.9 Å². The first-order valence-corrected chi connectivity index (χ1v) is 6.60. The van der Waals surface area contributed by atoms with Gasteiger partial charge >= 0.3 is 0 Å². The van der Waals surface area contributed by atoms with Crippen LogP contribution in [-0.2, 0) is 6.54 Å². The lowest BCUT2D eigenvalue weighted by atomic mass is 10.1. The fraction of sp³-hybridized carbons (Fsp3) is 0.636. The number of hydrogen-bond donors (Lipinski definition) is 1. The summed E-state index contributed by atoms with van der Waals surface area (Å²) < 4.78 is 0.889. The fourth-order valence-electron chi connectivity index (χ4n) is 2.02. The van der Waals surface area contributed by atoms with E-state index in [2.05, 4.69) is 23.3 Å². The van der Waals surface area contributed by atoms with Crippen molar-refractivity contribution in [2.24, 2.45) is 0 Å². The minimum Gasteiger partial charge on any atom is -0.315 e. The third-order valence-corrected chi connectivity index (χ3v) is 4.14. The van der Waals surface area contributed by atoms with Crippen LogP contribution in [0.15, 0.2) is 12.1 Å². The first-order chi connectivity index (χ1) is 7.25. The lowest BCUT2D eigenvalue weighted by Gasteiger charge is -2.31. The molecule has 0 aliphatic carbocycles. The fourth-order valence-corrected chi connectivity index (χ4v) is 3.17. The molecule has 1 aromatic heterocycles. The van der Waals surface area contributed by atoms with Crippen molar-refractivity contribution in [3.8, 4) is 0 Å². The van der Waals surface area contributed by atoms with Gasteiger partial charge < -0.3 is 5.32 Å². The smallest absolute Gasteiger partial charge is 0.0931 e. The predicted octanol–water partition coefficient (Wildman–Crippen LogP) is 2.59. The zero-order chi connectivity index (χ0) is 10.7. The molecule has 1 aliphatic heterocycles. The summed E-state index contributed by atoms with van der Waals surface area (Å²) in [6.45, 7) is 3.31. The normalized spacial score (nSPS) is 22.2. The number of rotatable bonds is 3. The molecule has 1 aliphatic rings. The second-order valence-corrected chi connectivity index (χ2v) is 5.92. The second kappa shape index (κ2) is 5.30. The summed E-state index contributed by atoms with van der Waals surface area (Å²) >= 11 is 7.60. The van der Waals surface area contributed by atoms with Crippen molar-refractivity contribution in [1.82, 2.24) is 10.2 Å². The van der Waals surface area contributed by atoms with Crippen molar-refractivity contribution < 1.29 is 0 Å². The lowest BCUT2D eigenvalue weighted by molar-refractivity contribution is 0.197. The average molecular weight is 245 g/mol. The van der Waals surface area contributed by atoms with E-state index in [4.69, 9.17) is 11.6 Å². The maximum Gasteiger partial charge on any atom is 0.0931 e. The van der Waals surface area contributed by atoms with Gasteiger partial charge in [0, 0.05) is 24.0 Å². The van der Waals surface area contributed by atoms with Gasteiger partial charge in [0.25, 0.3) is 0 Å². The van der Waals surface area contributed by atoms with Crippen LogP contribution < -0.4 is 5.32 Å². The van der Waals surface area contributed by atoms with E-state index in [9.17, 15) is 0 Å². The molecule has 15 heavy (non-hydrogen) atoms. The molecule has 2 heterocycles. The second-order valence-electron chi connectivity index (χ2n) is 4.12. The van der Waals surface area contributed by atoms with Crippen molar-refractivity contribution in [2.45, 2.75) is 25.4 Å². The lowest BCUT2D eigenvalue weighted by Crippen LogP contribution is -2.43. The third kappa shape index (κ3) is 3.18. The molecule has 1 atom stereocenters. The molecule has 4 heteroatoms. The molecule has 1 aromatic rings. The van der Waals surface area contributed by atoms with Gasteiger partial charge in [-0.25, -0.2) is 0 Å². The molecule has 0 saturated carbocycles. The number of piperidine rings is 1. The van der Waals surface area contributed by atoms with E-state index in [0.717, 1.165) is 17.4 Å². The van der Waals surface area contributed by atoms with E-state index in [0.29, 0.717) is 6.04 Å². The van der Waals surface area contributed by atoms with E-state index in [1.54, 1.807) is 11.3 Å². The number of hydrogen-bond acceptors (Lipinski definition) is 3. The largest absolute Gasteiger partial charge is 0.315 e. The molecule has 1 unspecified atom stereocenters. The molecule has 0 amide bonds. The first kappa shape index (κ1) is 11.4. The van der Waals surface area contributed by atoms with E-state index < -0.39 is 0 Å². The topological polar surface area (TPSA) is 15.3 Å². The Hall–Kier alpha value is -0.0900. The predicted molar refractivity (Wildman–Crippen MR) is 66.7 cm³/mol. The molecule has 2 rings (SSSR count). The maximum atomic E-state index is 5.92. The minimum absolute atomic E-state index is 0.680. The summed E-state index contributed by atoms with van der Waals surface area (Å²) in [4.78, 5) is 3.78. The van der Waals surface area contributed by atoms with Crippen molar-refractivity contribution in [2.75, 3.05) is 20.1 Å². The summed E-state index contributed by atoms with van der Waals surface area (Å²) in [6, 6.07) is 4.79. The van der Waals surface area contributed by atoms with Gasteiger partial charge in [-0.15, -0.1) is 11.3 Å². The maximum absolute atomic E-state index is 5.92. The van der Waals surface area contributed by atoms with Crippen LogP contribution in [0.5, 0.6) is 0 Å². The Balaban J connectivity index is 1.88. The molecule has 0 aromatic carbocycles. The summed E-state index contributed by atoms with van der Waals surface area (Å²) in [6.07, 6.45) is 2.60. The van der Waals surface area contributed by atoms with Gasteiger partial charge in [-0.3, -0.25) is 4.90 Å². The van der Waals surface area contributed by atoms with Crippen LogP contribution in [0.3, 0.4) is 0 Å². The van der Waals surface area contributed by atoms with Gasteiger partial charge in [0.1, 0.15) is 0 Å². The third-order valence-electron chi connectivity index (χ3n) is 2.93. The van der Waals surface area contributed by atoms with Crippen LogP contribution in [0.2, 0.25) is 4.34 Å². The van der Waals surface area contributed by atoms with Crippen LogP contribution in [-0.4, -0.2) is 31.1 Å². The summed E-state index contributed by atoms with van der Waals surface area (Å²) in [5.74, 6) is 0. The molecular weight excluding hydrogens is 228 g/mol. The SMILES string of the molecule is CN(Cc1ccc(Cl)s1)C1CCCNC1. The molecule has 0 radical (unpaired) electrons. The van der Waals surface area contributed by atoms with Crippen molar-refractivity contribution in [3.63, 3.8) is 0 Å². The Bertz CT molecular complexity index is 307. The molecule has 1 fully saturated rings. The Morgan fingerprint density at radius 3 is 3.07 bits per heavy atom. The van der Waals surface area contributed by atoms with Crippen molar-refractivity contribution in [3.05, 3.63) is 21.3 Å². The van der Waals surface area contributed by atoms with Gasteiger partial charge in [-0.2, -0.15) is 0 Å². The van der Waals surface area contributed by atoms with Crippen LogP contribution in [0.4, 0.5) is 0 Å². The first-order valence-electron chi connectivity index (χ1n) is 5.41. The quantitative estimate of drug-likeness (QED) is 0.879. The van der Waals surface area contributed by atoms with E-state index >= 15 is 0 Å². The zero-order valence-electron chi connectivity index (χ0n) is 9.00. The number of thiophene rings is 1. The highest BCUT2D eigenvalue weighted by Crippen LogP contribution is 2.23. The average Bonchev–Trinajstić information content (AvgIpc) is 2.65. The van der Waals surface area contributed by atoms with E-state index in [1.807, 2.05) is 6.07 Å². The number of nitrogens with one attached hydrogen (secondary N) is 1. The zero-order valence-corrected chi connectivity index (χ0v) is 10.6. The molecule has 84 valence electrons. The van der Waals surface area contributed by atoms with Gasteiger partial charge in [0.05, 0.1) is 4.34 Å². The van der Waals surface area contributed by atoms with Gasteiger partial charge in [0.15, 0.2) is 0 Å². The Morgan fingerprint density at radius 2 is 2.47 bits per heavy atom. The molecule has 1 N–H and O–H groups in total. The Labute approximate surface area is 100 Å². The standard InChI is InChI=1S/C11H17ClN2S/c1-14(9-3-2-6-13-7-9)8-10-4-5-11(12)15-10/h4-5,9,13H,2-3,6-8H2,1H3. The number of likely N-dealkylation sites (N-methyl/N-ethyl adjacent to an activating group) is 1. The van der Waals surface area contributed by atoms with Gasteiger partial charge in [-0.05, 0) is 38.6 Å². The van der Waals surface area contributed by atoms with Crippen molar-refractivity contribution >= 4 is 22.9 Å². The summed E-state index contributed by atoms with van der Waals surface area (Å²) in [5.41, 5.74) is 0. The Morgan fingerprint density at radius 1 is 1.60 bits per heavy atom. The summed E-state index contributed by atoms with van der Waals surface area (Å²) in [5, 5.41) is 3.44. The van der Waals surface area contributed by atoms with Crippen LogP contribution in [0.1, 0.15) is 17.7 Å². The molecule has 0 bridgehead atoms. The van der Waals surface area contributed by atoms with E-state index in [1.165, 1.54) is 24.3 Å². The molecular formula is C11H17ClN2S. The highest BCUT2D eigenvalue weighted by Gasteiger charge is 2.17. The van der Waals surface area contributed by atoms with Crippen molar-refractivity contribution in [1.29, 1.82) is 0 Å². The number of nitrogens with zero attached hydrogens (tertiary/aromatic N) is 1. The molecule has 0 spiro atoms. The van der Waals surface area contributed by atoms with E-state index in [-0.39, 0.29) is 0 Å². The van der Waals surface area contributed by atoms with Crippen LogP contribution in [0.25, 0.3) is 0 Å². The minimum atomic E-state index is 0.680. The monoisotopic (exact) mass is 244 g/mol.